The normalized spacial score (nSPS) is 25.2. The second-order valence-corrected chi connectivity index (χ2v) is 3.63. The minimum atomic E-state index is -1.01. The van der Waals surface area contributed by atoms with E-state index in [1.54, 1.807) is 7.05 Å². The monoisotopic (exact) mass is 216 g/mol. The zero-order chi connectivity index (χ0) is 11.4. The van der Waals surface area contributed by atoms with E-state index in [1.807, 2.05) is 0 Å². The van der Waals surface area contributed by atoms with Crippen molar-refractivity contribution in [2.45, 2.75) is 6.04 Å². The average molecular weight is 216 g/mol. The van der Waals surface area contributed by atoms with Crippen LogP contribution in [0, 0.1) is 5.92 Å². The van der Waals surface area contributed by atoms with Crippen LogP contribution in [-0.2, 0) is 14.3 Å². The van der Waals surface area contributed by atoms with E-state index in [9.17, 15) is 9.59 Å². The fraction of sp³-hybridized carbons (Fsp3) is 0.778. The number of carbonyl (C=O) groups excluding carboxylic acids is 1. The number of amides is 1. The Morgan fingerprint density at radius 2 is 2.20 bits per heavy atom. The molecule has 0 bridgehead atoms. The van der Waals surface area contributed by atoms with E-state index in [0.717, 1.165) is 0 Å². The lowest BCUT2D eigenvalue weighted by Gasteiger charge is -2.22. The van der Waals surface area contributed by atoms with Crippen LogP contribution >= 0.6 is 0 Å². The molecule has 1 fully saturated rings. The predicted octanol–water partition coefficient (Wildman–Crippen LogP) is -1.24. The number of likely N-dealkylation sites (N-methyl/N-ethyl adjacent to an activating group) is 2. The van der Waals surface area contributed by atoms with Crippen molar-refractivity contribution in [2.75, 3.05) is 33.9 Å². The summed E-state index contributed by atoms with van der Waals surface area (Å²) in [6.45, 7) is 0.577. The molecular formula is C9H16N2O4. The quantitative estimate of drug-likeness (QED) is 0.615. The molecule has 1 saturated heterocycles. The minimum absolute atomic E-state index is 0.0197. The van der Waals surface area contributed by atoms with Gasteiger partial charge in [0.15, 0.2) is 0 Å². The lowest BCUT2D eigenvalue weighted by atomic mass is 10.0. The standard InChI is InChI=1S/C9H16N2O4/c1-10-7-5-15-4-6(7)9(14)11(2)3-8(12)13/h6-7,10H,3-5H2,1-2H3,(H,12,13). The average Bonchev–Trinajstić information content (AvgIpc) is 2.62. The van der Waals surface area contributed by atoms with Crippen LogP contribution in [0.3, 0.4) is 0 Å². The molecule has 1 rings (SSSR count). The number of rotatable bonds is 4. The number of carboxylic acids is 1. The van der Waals surface area contributed by atoms with Crippen molar-refractivity contribution in [3.05, 3.63) is 0 Å². The van der Waals surface area contributed by atoms with Gasteiger partial charge in [-0.3, -0.25) is 9.59 Å². The summed E-state index contributed by atoms with van der Waals surface area (Å²) in [7, 11) is 3.25. The fourth-order valence-electron chi connectivity index (χ4n) is 1.65. The molecule has 2 N–H and O–H groups in total. The lowest BCUT2D eigenvalue weighted by molar-refractivity contribution is -0.145. The number of nitrogens with one attached hydrogen (secondary N) is 1. The van der Waals surface area contributed by atoms with Gasteiger partial charge in [-0.1, -0.05) is 0 Å². The Kier molecular flexibility index (Phi) is 4.05. The molecule has 86 valence electrons. The molecule has 1 aliphatic heterocycles. The SMILES string of the molecule is CNC1COCC1C(=O)N(C)CC(=O)O. The summed E-state index contributed by atoms with van der Waals surface area (Å²) in [6.07, 6.45) is 0. The van der Waals surface area contributed by atoms with E-state index in [2.05, 4.69) is 5.32 Å². The van der Waals surface area contributed by atoms with Crippen LogP contribution in [0.25, 0.3) is 0 Å². The van der Waals surface area contributed by atoms with Crippen LogP contribution in [0.5, 0.6) is 0 Å². The number of aliphatic carboxylic acids is 1. The first-order valence-corrected chi connectivity index (χ1v) is 4.78. The third-order valence-corrected chi connectivity index (χ3v) is 2.52. The Morgan fingerprint density at radius 1 is 1.53 bits per heavy atom. The molecule has 0 saturated carbocycles. The Morgan fingerprint density at radius 3 is 2.73 bits per heavy atom. The van der Waals surface area contributed by atoms with Crippen molar-refractivity contribution in [1.82, 2.24) is 10.2 Å². The Labute approximate surface area is 88.2 Å². The highest BCUT2D eigenvalue weighted by molar-refractivity contribution is 5.83. The zero-order valence-corrected chi connectivity index (χ0v) is 8.90. The summed E-state index contributed by atoms with van der Waals surface area (Å²) in [6, 6.07) is -0.0197. The van der Waals surface area contributed by atoms with Crippen molar-refractivity contribution < 1.29 is 19.4 Å². The van der Waals surface area contributed by atoms with Gasteiger partial charge in [0.05, 0.1) is 19.1 Å². The molecule has 0 aromatic rings. The third-order valence-electron chi connectivity index (χ3n) is 2.52. The van der Waals surface area contributed by atoms with E-state index >= 15 is 0 Å². The summed E-state index contributed by atoms with van der Waals surface area (Å²) in [4.78, 5) is 23.4. The van der Waals surface area contributed by atoms with Crippen molar-refractivity contribution in [1.29, 1.82) is 0 Å². The smallest absolute Gasteiger partial charge is 0.323 e. The number of hydrogen-bond donors (Lipinski definition) is 2. The molecule has 6 heteroatoms. The molecule has 2 unspecified atom stereocenters. The molecule has 0 radical (unpaired) electrons. The molecule has 1 aliphatic rings. The molecule has 0 aromatic heterocycles. The first-order chi connectivity index (χ1) is 7.06. The van der Waals surface area contributed by atoms with Crippen LogP contribution < -0.4 is 5.32 Å². The van der Waals surface area contributed by atoms with Crippen LogP contribution in [0.2, 0.25) is 0 Å². The molecular weight excluding hydrogens is 200 g/mol. The largest absolute Gasteiger partial charge is 0.480 e. The fourth-order valence-corrected chi connectivity index (χ4v) is 1.65. The summed E-state index contributed by atoms with van der Waals surface area (Å²) < 4.78 is 5.18. The minimum Gasteiger partial charge on any atom is -0.480 e. The van der Waals surface area contributed by atoms with Gasteiger partial charge in [0.1, 0.15) is 6.54 Å². The highest BCUT2D eigenvalue weighted by atomic mass is 16.5. The van der Waals surface area contributed by atoms with Crippen LogP contribution in [0.4, 0.5) is 0 Å². The topological polar surface area (TPSA) is 78.9 Å². The van der Waals surface area contributed by atoms with Gasteiger partial charge in [0.25, 0.3) is 0 Å². The first kappa shape index (κ1) is 11.9. The van der Waals surface area contributed by atoms with Gasteiger partial charge in [-0.25, -0.2) is 0 Å². The lowest BCUT2D eigenvalue weighted by Crippen LogP contribution is -2.44. The third kappa shape index (κ3) is 2.90. The second kappa shape index (κ2) is 5.09. The molecule has 2 atom stereocenters. The summed E-state index contributed by atoms with van der Waals surface area (Å²) in [5.41, 5.74) is 0. The molecule has 0 spiro atoms. The Bertz CT molecular complexity index is 256. The van der Waals surface area contributed by atoms with Crippen LogP contribution in [0.1, 0.15) is 0 Å². The van der Waals surface area contributed by atoms with Gasteiger partial charge < -0.3 is 20.1 Å². The number of hydrogen-bond acceptors (Lipinski definition) is 4. The van der Waals surface area contributed by atoms with Crippen LogP contribution in [0.15, 0.2) is 0 Å². The van der Waals surface area contributed by atoms with Gasteiger partial charge in [0, 0.05) is 13.1 Å². The summed E-state index contributed by atoms with van der Waals surface area (Å²) >= 11 is 0. The number of nitrogens with zero attached hydrogens (tertiary/aromatic N) is 1. The maximum absolute atomic E-state index is 11.8. The maximum atomic E-state index is 11.8. The van der Waals surface area contributed by atoms with E-state index in [1.165, 1.54) is 11.9 Å². The number of carboxylic acid groups (broad SMARTS) is 1. The number of carbonyl (C=O) groups is 2. The zero-order valence-electron chi connectivity index (χ0n) is 8.90. The van der Waals surface area contributed by atoms with E-state index in [-0.39, 0.29) is 24.4 Å². The van der Waals surface area contributed by atoms with Gasteiger partial charge in [-0.05, 0) is 7.05 Å². The summed E-state index contributed by atoms with van der Waals surface area (Å²) in [5, 5.41) is 11.5. The first-order valence-electron chi connectivity index (χ1n) is 4.78. The Hall–Kier alpha value is -1.14. The highest BCUT2D eigenvalue weighted by Crippen LogP contribution is 2.15. The molecule has 0 aliphatic carbocycles. The van der Waals surface area contributed by atoms with Gasteiger partial charge in [0.2, 0.25) is 5.91 Å². The van der Waals surface area contributed by atoms with Gasteiger partial charge >= 0.3 is 5.97 Å². The van der Waals surface area contributed by atoms with E-state index in [4.69, 9.17) is 9.84 Å². The Balaban J connectivity index is 2.55. The van der Waals surface area contributed by atoms with Crippen molar-refractivity contribution in [3.63, 3.8) is 0 Å². The second-order valence-electron chi connectivity index (χ2n) is 3.63. The molecule has 6 nitrogen and oxygen atoms in total. The maximum Gasteiger partial charge on any atom is 0.323 e. The highest BCUT2D eigenvalue weighted by Gasteiger charge is 2.34. The molecule has 0 aromatic carbocycles. The molecule has 1 amide bonds. The molecule has 1 heterocycles. The van der Waals surface area contributed by atoms with Gasteiger partial charge in [-0.2, -0.15) is 0 Å². The van der Waals surface area contributed by atoms with Crippen LogP contribution in [-0.4, -0.2) is 61.8 Å². The van der Waals surface area contributed by atoms with E-state index < -0.39 is 5.97 Å². The van der Waals surface area contributed by atoms with Crippen molar-refractivity contribution >= 4 is 11.9 Å². The molecule has 15 heavy (non-hydrogen) atoms. The predicted molar refractivity (Wildman–Crippen MR) is 52.4 cm³/mol. The van der Waals surface area contributed by atoms with Gasteiger partial charge in [-0.15, -0.1) is 0 Å². The van der Waals surface area contributed by atoms with Crippen molar-refractivity contribution in [2.24, 2.45) is 5.92 Å². The van der Waals surface area contributed by atoms with E-state index in [0.29, 0.717) is 13.2 Å². The number of ether oxygens (including phenoxy) is 1. The van der Waals surface area contributed by atoms with Crippen molar-refractivity contribution in [3.8, 4) is 0 Å². The summed E-state index contributed by atoms with van der Waals surface area (Å²) in [5.74, 6) is -1.47.